The number of rotatable bonds is 4. The molecule has 0 aliphatic rings. The fraction of sp³-hybridized carbons (Fsp3) is 0.636. The van der Waals surface area contributed by atoms with E-state index in [-0.39, 0.29) is 0 Å². The summed E-state index contributed by atoms with van der Waals surface area (Å²) >= 11 is 0. The molecule has 1 rings (SSSR count). The molecule has 0 radical (unpaired) electrons. The highest BCUT2D eigenvalue weighted by Crippen LogP contribution is 2.19. The van der Waals surface area contributed by atoms with Crippen molar-refractivity contribution >= 4 is 0 Å². The Morgan fingerprint density at radius 1 is 1.50 bits per heavy atom. The van der Waals surface area contributed by atoms with Gasteiger partial charge in [0.2, 0.25) is 0 Å². The van der Waals surface area contributed by atoms with Crippen molar-refractivity contribution in [3.05, 3.63) is 23.8 Å². The van der Waals surface area contributed by atoms with Gasteiger partial charge in [0.25, 0.3) is 0 Å². The van der Waals surface area contributed by atoms with Crippen LogP contribution in [0.2, 0.25) is 0 Å². The predicted octanol–water partition coefficient (Wildman–Crippen LogP) is 1.89. The Kier molecular flexibility index (Phi) is 4.01. The monoisotopic (exact) mass is 193 g/mol. The fourth-order valence-corrected chi connectivity index (χ4v) is 1.61. The van der Waals surface area contributed by atoms with Crippen molar-refractivity contribution in [2.24, 2.45) is 0 Å². The molecule has 0 aliphatic heterocycles. The van der Waals surface area contributed by atoms with E-state index in [1.165, 1.54) is 0 Å². The minimum atomic E-state index is 0.403. The zero-order valence-electron chi connectivity index (χ0n) is 9.41. The molecule has 0 saturated carbocycles. The van der Waals surface area contributed by atoms with E-state index in [1.807, 2.05) is 26.2 Å². The lowest BCUT2D eigenvalue weighted by atomic mass is 9.97. The van der Waals surface area contributed by atoms with E-state index < -0.39 is 0 Å². The Balaban J connectivity index is 2.89. The first-order chi connectivity index (χ1) is 6.69. The molecule has 0 amide bonds. The standard InChI is InChI=1S/C11H19N3/c1-5-10(9(3)12-4)11-13-7-6-8(2)14-11/h6-7,9-10,12H,5H2,1-4H3. The molecule has 1 heterocycles. The average molecular weight is 193 g/mol. The van der Waals surface area contributed by atoms with Crippen LogP contribution in [-0.2, 0) is 0 Å². The molecule has 78 valence electrons. The summed E-state index contributed by atoms with van der Waals surface area (Å²) in [5.74, 6) is 1.36. The zero-order valence-corrected chi connectivity index (χ0v) is 9.41. The SMILES string of the molecule is CCC(c1nccc(C)n1)C(C)NC. The maximum absolute atomic E-state index is 4.46. The maximum atomic E-state index is 4.46. The van der Waals surface area contributed by atoms with Gasteiger partial charge in [0.1, 0.15) is 5.82 Å². The lowest BCUT2D eigenvalue weighted by Crippen LogP contribution is -2.29. The molecule has 1 N–H and O–H groups in total. The number of nitrogens with one attached hydrogen (secondary N) is 1. The van der Waals surface area contributed by atoms with Crippen LogP contribution in [0, 0.1) is 6.92 Å². The van der Waals surface area contributed by atoms with Gasteiger partial charge >= 0.3 is 0 Å². The molecule has 0 aliphatic carbocycles. The topological polar surface area (TPSA) is 37.8 Å². The minimum absolute atomic E-state index is 0.403. The van der Waals surface area contributed by atoms with Gasteiger partial charge in [-0.15, -0.1) is 0 Å². The molecule has 0 bridgehead atoms. The van der Waals surface area contributed by atoms with Gasteiger partial charge in [-0.2, -0.15) is 0 Å². The molecule has 2 atom stereocenters. The smallest absolute Gasteiger partial charge is 0.133 e. The highest BCUT2D eigenvalue weighted by Gasteiger charge is 2.18. The average Bonchev–Trinajstić information content (AvgIpc) is 2.19. The van der Waals surface area contributed by atoms with Crippen molar-refractivity contribution < 1.29 is 0 Å². The van der Waals surface area contributed by atoms with Crippen molar-refractivity contribution in [1.82, 2.24) is 15.3 Å². The summed E-state index contributed by atoms with van der Waals surface area (Å²) in [4.78, 5) is 8.79. The summed E-state index contributed by atoms with van der Waals surface area (Å²) < 4.78 is 0. The zero-order chi connectivity index (χ0) is 10.6. The second kappa shape index (κ2) is 5.05. The van der Waals surface area contributed by atoms with Crippen LogP contribution >= 0.6 is 0 Å². The Hall–Kier alpha value is -0.960. The van der Waals surface area contributed by atoms with Crippen molar-refractivity contribution in [3.63, 3.8) is 0 Å². The third kappa shape index (κ3) is 2.51. The van der Waals surface area contributed by atoms with Crippen LogP contribution in [0.4, 0.5) is 0 Å². The first kappa shape index (κ1) is 11.1. The molecular weight excluding hydrogens is 174 g/mol. The van der Waals surface area contributed by atoms with E-state index in [1.54, 1.807) is 0 Å². The van der Waals surface area contributed by atoms with Gasteiger partial charge < -0.3 is 5.32 Å². The number of aromatic nitrogens is 2. The van der Waals surface area contributed by atoms with Gasteiger partial charge in [-0.1, -0.05) is 6.92 Å². The van der Waals surface area contributed by atoms with Crippen LogP contribution in [0.25, 0.3) is 0 Å². The van der Waals surface area contributed by atoms with E-state index in [2.05, 4.69) is 29.1 Å². The molecule has 2 unspecified atom stereocenters. The summed E-state index contributed by atoms with van der Waals surface area (Å²) in [6, 6.07) is 2.35. The third-order valence-electron chi connectivity index (χ3n) is 2.64. The Labute approximate surface area is 86.0 Å². The Morgan fingerprint density at radius 3 is 2.71 bits per heavy atom. The summed E-state index contributed by atoms with van der Waals surface area (Å²) in [5, 5.41) is 3.25. The van der Waals surface area contributed by atoms with Gasteiger partial charge in [-0.05, 0) is 33.4 Å². The van der Waals surface area contributed by atoms with E-state index >= 15 is 0 Å². The molecule has 0 saturated heterocycles. The summed E-state index contributed by atoms with van der Waals surface area (Å²) in [7, 11) is 1.98. The van der Waals surface area contributed by atoms with Crippen molar-refractivity contribution in [2.45, 2.75) is 39.2 Å². The number of hydrogen-bond acceptors (Lipinski definition) is 3. The third-order valence-corrected chi connectivity index (χ3v) is 2.64. The molecule has 1 aromatic rings. The number of likely N-dealkylation sites (N-methyl/N-ethyl adjacent to an activating group) is 1. The van der Waals surface area contributed by atoms with Crippen molar-refractivity contribution in [3.8, 4) is 0 Å². The summed E-state index contributed by atoms with van der Waals surface area (Å²) in [6.07, 6.45) is 2.90. The van der Waals surface area contributed by atoms with Crippen LogP contribution in [0.3, 0.4) is 0 Å². The first-order valence-corrected chi connectivity index (χ1v) is 5.15. The van der Waals surface area contributed by atoms with Gasteiger partial charge in [-0.25, -0.2) is 9.97 Å². The summed E-state index contributed by atoms with van der Waals surface area (Å²) in [5.41, 5.74) is 1.04. The van der Waals surface area contributed by atoms with E-state index in [0.29, 0.717) is 12.0 Å². The molecule has 1 aromatic heterocycles. The predicted molar refractivity (Wildman–Crippen MR) is 58.3 cm³/mol. The van der Waals surface area contributed by atoms with Gasteiger partial charge in [-0.3, -0.25) is 0 Å². The highest BCUT2D eigenvalue weighted by atomic mass is 14.9. The number of aryl methyl sites for hydroxylation is 1. The second-order valence-electron chi connectivity index (χ2n) is 3.65. The van der Waals surface area contributed by atoms with Crippen LogP contribution in [0.15, 0.2) is 12.3 Å². The largest absolute Gasteiger partial charge is 0.317 e. The lowest BCUT2D eigenvalue weighted by molar-refractivity contribution is 0.463. The Bertz CT molecular complexity index is 286. The van der Waals surface area contributed by atoms with Crippen LogP contribution < -0.4 is 5.32 Å². The highest BCUT2D eigenvalue weighted by molar-refractivity contribution is 5.05. The molecule has 0 fully saturated rings. The fourth-order valence-electron chi connectivity index (χ4n) is 1.61. The normalized spacial score (nSPS) is 15.1. The molecule has 14 heavy (non-hydrogen) atoms. The van der Waals surface area contributed by atoms with E-state index in [4.69, 9.17) is 0 Å². The quantitative estimate of drug-likeness (QED) is 0.793. The van der Waals surface area contributed by atoms with Crippen LogP contribution in [0.1, 0.15) is 37.7 Å². The molecule has 3 nitrogen and oxygen atoms in total. The molecular formula is C11H19N3. The van der Waals surface area contributed by atoms with Gasteiger partial charge in [0, 0.05) is 23.9 Å². The first-order valence-electron chi connectivity index (χ1n) is 5.15. The van der Waals surface area contributed by atoms with Gasteiger partial charge in [0.15, 0.2) is 0 Å². The summed E-state index contributed by atoms with van der Waals surface area (Å²) in [6.45, 7) is 6.34. The maximum Gasteiger partial charge on any atom is 0.133 e. The second-order valence-corrected chi connectivity index (χ2v) is 3.65. The van der Waals surface area contributed by atoms with Crippen molar-refractivity contribution in [1.29, 1.82) is 0 Å². The Morgan fingerprint density at radius 2 is 2.21 bits per heavy atom. The van der Waals surface area contributed by atoms with E-state index in [9.17, 15) is 0 Å². The lowest BCUT2D eigenvalue weighted by Gasteiger charge is -2.20. The van der Waals surface area contributed by atoms with E-state index in [0.717, 1.165) is 17.9 Å². The molecule has 0 aromatic carbocycles. The van der Waals surface area contributed by atoms with Gasteiger partial charge in [0.05, 0.1) is 0 Å². The number of nitrogens with zero attached hydrogens (tertiary/aromatic N) is 2. The minimum Gasteiger partial charge on any atom is -0.317 e. The van der Waals surface area contributed by atoms with Crippen molar-refractivity contribution in [2.75, 3.05) is 7.05 Å². The van der Waals surface area contributed by atoms with Crippen LogP contribution in [0.5, 0.6) is 0 Å². The molecule has 0 spiro atoms. The number of hydrogen-bond donors (Lipinski definition) is 1. The van der Waals surface area contributed by atoms with Crippen LogP contribution in [-0.4, -0.2) is 23.1 Å². The molecule has 3 heteroatoms.